The summed E-state index contributed by atoms with van der Waals surface area (Å²) < 4.78 is 0. The van der Waals surface area contributed by atoms with Crippen LogP contribution < -0.4 is 10.6 Å². The second-order valence-corrected chi connectivity index (χ2v) is 4.20. The van der Waals surface area contributed by atoms with Gasteiger partial charge in [0.15, 0.2) is 0 Å². The number of amides is 1. The van der Waals surface area contributed by atoms with E-state index in [0.29, 0.717) is 13.1 Å². The molecular formula is C13H16N2O. The van der Waals surface area contributed by atoms with Crippen molar-refractivity contribution in [3.05, 3.63) is 42.0 Å². The molecule has 1 aromatic rings. The maximum atomic E-state index is 11.9. The third kappa shape index (κ3) is 2.08. The summed E-state index contributed by atoms with van der Waals surface area (Å²) in [4.78, 5) is 11.9. The number of hydrogen-bond donors (Lipinski definition) is 2. The van der Waals surface area contributed by atoms with Crippen LogP contribution in [-0.2, 0) is 4.79 Å². The van der Waals surface area contributed by atoms with Crippen molar-refractivity contribution in [3.8, 4) is 0 Å². The minimum atomic E-state index is -0.0736. The van der Waals surface area contributed by atoms with Gasteiger partial charge in [0.25, 0.3) is 0 Å². The molecule has 1 unspecified atom stereocenters. The maximum Gasteiger partial charge on any atom is 0.229 e. The van der Waals surface area contributed by atoms with Crippen LogP contribution in [0.1, 0.15) is 18.4 Å². The largest absolute Gasteiger partial charge is 0.384 e. The van der Waals surface area contributed by atoms with E-state index in [2.05, 4.69) is 17.2 Å². The Morgan fingerprint density at radius 2 is 2.31 bits per heavy atom. The predicted molar refractivity (Wildman–Crippen MR) is 65.5 cm³/mol. The van der Waals surface area contributed by atoms with Gasteiger partial charge in [0, 0.05) is 18.8 Å². The molecule has 0 bridgehead atoms. The highest BCUT2D eigenvalue weighted by Gasteiger charge is 2.27. The van der Waals surface area contributed by atoms with Gasteiger partial charge < -0.3 is 10.6 Å². The van der Waals surface area contributed by atoms with E-state index in [1.54, 1.807) is 0 Å². The van der Waals surface area contributed by atoms with Gasteiger partial charge >= 0.3 is 0 Å². The van der Waals surface area contributed by atoms with E-state index in [1.807, 2.05) is 31.2 Å². The Morgan fingerprint density at radius 3 is 3.06 bits per heavy atom. The normalized spacial score (nSPS) is 17.4. The highest BCUT2D eigenvalue weighted by molar-refractivity contribution is 5.88. The van der Waals surface area contributed by atoms with Crippen LogP contribution in [0.5, 0.6) is 0 Å². The molecule has 1 amide bonds. The van der Waals surface area contributed by atoms with Crippen LogP contribution >= 0.6 is 0 Å². The molecule has 3 nitrogen and oxygen atoms in total. The number of para-hydroxylation sites is 1. The topological polar surface area (TPSA) is 41.1 Å². The van der Waals surface area contributed by atoms with Crippen molar-refractivity contribution in [2.75, 3.05) is 18.4 Å². The molecule has 3 heteroatoms. The third-order valence-electron chi connectivity index (χ3n) is 2.71. The summed E-state index contributed by atoms with van der Waals surface area (Å²) in [7, 11) is 0. The van der Waals surface area contributed by atoms with E-state index < -0.39 is 0 Å². The molecule has 2 rings (SSSR count). The SMILES string of the molecule is C=C(C)CNC(=O)C1CNc2ccccc21. The lowest BCUT2D eigenvalue weighted by molar-refractivity contribution is -0.122. The fraction of sp³-hybridized carbons (Fsp3) is 0.308. The van der Waals surface area contributed by atoms with Crippen LogP contribution in [0, 0.1) is 0 Å². The smallest absolute Gasteiger partial charge is 0.229 e. The summed E-state index contributed by atoms with van der Waals surface area (Å²) in [6, 6.07) is 7.94. The molecule has 1 atom stereocenters. The Labute approximate surface area is 95.6 Å². The molecule has 1 heterocycles. The number of hydrogen-bond acceptors (Lipinski definition) is 2. The molecular weight excluding hydrogens is 200 g/mol. The highest BCUT2D eigenvalue weighted by Crippen LogP contribution is 2.30. The van der Waals surface area contributed by atoms with E-state index in [-0.39, 0.29) is 11.8 Å². The van der Waals surface area contributed by atoms with E-state index >= 15 is 0 Å². The molecule has 0 fully saturated rings. The molecule has 1 aliphatic heterocycles. The standard InChI is InChI=1S/C13H16N2O/c1-9(2)7-15-13(16)11-8-14-12-6-4-3-5-10(11)12/h3-6,11,14H,1,7-8H2,2H3,(H,15,16). The van der Waals surface area contributed by atoms with Crippen molar-refractivity contribution >= 4 is 11.6 Å². The van der Waals surface area contributed by atoms with Crippen LogP contribution in [0.2, 0.25) is 0 Å². The molecule has 0 radical (unpaired) electrons. The van der Waals surface area contributed by atoms with Crippen molar-refractivity contribution in [3.63, 3.8) is 0 Å². The predicted octanol–water partition coefficient (Wildman–Crippen LogP) is 1.89. The Hall–Kier alpha value is -1.77. The molecule has 0 aromatic heterocycles. The molecule has 0 aliphatic carbocycles. The van der Waals surface area contributed by atoms with Gasteiger partial charge in [-0.25, -0.2) is 0 Å². The zero-order valence-corrected chi connectivity index (χ0v) is 9.42. The zero-order valence-electron chi connectivity index (χ0n) is 9.42. The average Bonchev–Trinajstić information content (AvgIpc) is 2.69. The lowest BCUT2D eigenvalue weighted by atomic mass is 10.0. The minimum Gasteiger partial charge on any atom is -0.384 e. The van der Waals surface area contributed by atoms with Crippen molar-refractivity contribution < 1.29 is 4.79 Å². The molecule has 1 aliphatic rings. The van der Waals surface area contributed by atoms with Gasteiger partial charge in [-0.2, -0.15) is 0 Å². The summed E-state index contributed by atoms with van der Waals surface area (Å²) in [5.41, 5.74) is 3.12. The molecule has 1 aromatic carbocycles. The number of carbonyl (C=O) groups excluding carboxylic acids is 1. The first-order valence-electron chi connectivity index (χ1n) is 5.43. The number of carbonyl (C=O) groups is 1. The van der Waals surface area contributed by atoms with E-state index in [1.165, 1.54) is 0 Å². The average molecular weight is 216 g/mol. The summed E-state index contributed by atoms with van der Waals surface area (Å²) in [6.07, 6.45) is 0. The molecule has 0 saturated heterocycles. The first kappa shape index (κ1) is 10.7. The highest BCUT2D eigenvalue weighted by atomic mass is 16.1. The van der Waals surface area contributed by atoms with Gasteiger partial charge in [0.05, 0.1) is 5.92 Å². The summed E-state index contributed by atoms with van der Waals surface area (Å²) in [5.74, 6) is -0.00370. The lowest BCUT2D eigenvalue weighted by Crippen LogP contribution is -2.31. The van der Waals surface area contributed by atoms with Crippen LogP contribution in [0.25, 0.3) is 0 Å². The van der Waals surface area contributed by atoms with E-state index in [4.69, 9.17) is 0 Å². The molecule has 2 N–H and O–H groups in total. The first-order valence-corrected chi connectivity index (χ1v) is 5.43. The van der Waals surface area contributed by atoms with E-state index in [9.17, 15) is 4.79 Å². The molecule has 0 saturated carbocycles. The zero-order chi connectivity index (χ0) is 11.5. The molecule has 84 valence electrons. The Morgan fingerprint density at radius 1 is 1.56 bits per heavy atom. The van der Waals surface area contributed by atoms with Gasteiger partial charge in [-0.05, 0) is 18.6 Å². The second-order valence-electron chi connectivity index (χ2n) is 4.20. The van der Waals surface area contributed by atoms with Gasteiger partial charge in [0.1, 0.15) is 0 Å². The van der Waals surface area contributed by atoms with Crippen LogP contribution in [0.3, 0.4) is 0 Å². The van der Waals surface area contributed by atoms with Crippen molar-refractivity contribution in [1.29, 1.82) is 0 Å². The van der Waals surface area contributed by atoms with Crippen molar-refractivity contribution in [1.82, 2.24) is 5.32 Å². The second kappa shape index (κ2) is 4.39. The minimum absolute atomic E-state index is 0.0699. The summed E-state index contributed by atoms with van der Waals surface area (Å²) in [5, 5.41) is 6.12. The Kier molecular flexibility index (Phi) is 2.95. The Balaban J connectivity index is 2.07. The molecule has 16 heavy (non-hydrogen) atoms. The van der Waals surface area contributed by atoms with Crippen LogP contribution in [0.4, 0.5) is 5.69 Å². The quantitative estimate of drug-likeness (QED) is 0.757. The van der Waals surface area contributed by atoms with Gasteiger partial charge in [-0.3, -0.25) is 4.79 Å². The van der Waals surface area contributed by atoms with Crippen molar-refractivity contribution in [2.45, 2.75) is 12.8 Å². The summed E-state index contributed by atoms with van der Waals surface area (Å²) in [6.45, 7) is 6.91. The molecule has 0 spiro atoms. The number of rotatable bonds is 3. The Bertz CT molecular complexity index is 426. The van der Waals surface area contributed by atoms with Gasteiger partial charge in [0.2, 0.25) is 5.91 Å². The number of nitrogens with one attached hydrogen (secondary N) is 2. The fourth-order valence-electron chi connectivity index (χ4n) is 1.88. The van der Waals surface area contributed by atoms with Crippen LogP contribution in [-0.4, -0.2) is 19.0 Å². The third-order valence-corrected chi connectivity index (χ3v) is 2.71. The van der Waals surface area contributed by atoms with Crippen molar-refractivity contribution in [2.24, 2.45) is 0 Å². The van der Waals surface area contributed by atoms with Gasteiger partial charge in [-0.15, -0.1) is 0 Å². The van der Waals surface area contributed by atoms with E-state index in [0.717, 1.165) is 16.8 Å². The van der Waals surface area contributed by atoms with Gasteiger partial charge in [-0.1, -0.05) is 30.4 Å². The monoisotopic (exact) mass is 216 g/mol. The number of anilines is 1. The first-order chi connectivity index (χ1) is 7.68. The van der Waals surface area contributed by atoms with Crippen LogP contribution in [0.15, 0.2) is 36.4 Å². The fourth-order valence-corrected chi connectivity index (χ4v) is 1.88. The number of fused-ring (bicyclic) bond motifs is 1. The summed E-state index contributed by atoms with van der Waals surface area (Å²) >= 11 is 0. The lowest BCUT2D eigenvalue weighted by Gasteiger charge is -2.10. The number of benzene rings is 1. The maximum absolute atomic E-state index is 11.9.